The van der Waals surface area contributed by atoms with Crippen molar-refractivity contribution in [1.82, 2.24) is 0 Å². The van der Waals surface area contributed by atoms with Gasteiger partial charge in [-0.25, -0.2) is 0 Å². The van der Waals surface area contributed by atoms with Crippen LogP contribution in [-0.2, 0) is 4.74 Å². The fourth-order valence-electron chi connectivity index (χ4n) is 2.62. The van der Waals surface area contributed by atoms with E-state index in [2.05, 4.69) is 41.6 Å². The molecule has 20 heavy (non-hydrogen) atoms. The van der Waals surface area contributed by atoms with Gasteiger partial charge in [-0.1, -0.05) is 22.0 Å². The Morgan fingerprint density at radius 3 is 2.70 bits per heavy atom. The Balaban J connectivity index is 1.76. The number of hydrogen-bond donors (Lipinski definition) is 0. The number of halogens is 1. The molecule has 0 heterocycles. The second-order valence-corrected chi connectivity index (χ2v) is 6.35. The van der Waals surface area contributed by atoms with Crippen LogP contribution in [-0.4, -0.2) is 19.3 Å². The number of benzene rings is 1. The third-order valence-electron chi connectivity index (χ3n) is 3.82. The summed E-state index contributed by atoms with van der Waals surface area (Å²) in [5.74, 6) is 1.67. The molecule has 1 aliphatic carbocycles. The zero-order valence-corrected chi connectivity index (χ0v) is 13.7. The molecule has 0 bridgehead atoms. The van der Waals surface area contributed by atoms with Crippen LogP contribution in [0.3, 0.4) is 0 Å². The maximum atomic E-state index is 6.09. The lowest BCUT2D eigenvalue weighted by Gasteiger charge is -2.29. The van der Waals surface area contributed by atoms with Crippen LogP contribution in [0, 0.1) is 12.8 Å². The number of hydrogen-bond acceptors (Lipinski definition) is 2. The SMILES string of the molecule is C=CCOCC1CCC(Oc2ccc(Br)c(C)c2)CC1. The lowest BCUT2D eigenvalue weighted by Crippen LogP contribution is -2.26. The Morgan fingerprint density at radius 1 is 1.30 bits per heavy atom. The van der Waals surface area contributed by atoms with E-state index in [4.69, 9.17) is 9.47 Å². The Bertz CT molecular complexity index is 437. The molecule has 2 rings (SSSR count). The number of aryl methyl sites for hydroxylation is 1. The summed E-state index contributed by atoms with van der Waals surface area (Å²) in [6, 6.07) is 6.19. The Kier molecular flexibility index (Phi) is 6.11. The van der Waals surface area contributed by atoms with Crippen molar-refractivity contribution in [2.75, 3.05) is 13.2 Å². The van der Waals surface area contributed by atoms with Crippen molar-refractivity contribution >= 4 is 15.9 Å². The smallest absolute Gasteiger partial charge is 0.120 e. The summed E-state index contributed by atoms with van der Waals surface area (Å²) in [6.45, 7) is 7.27. The van der Waals surface area contributed by atoms with Gasteiger partial charge in [0, 0.05) is 11.1 Å². The van der Waals surface area contributed by atoms with Crippen LogP contribution in [0.5, 0.6) is 5.75 Å². The molecule has 3 heteroatoms. The Hall–Kier alpha value is -0.800. The van der Waals surface area contributed by atoms with Crippen LogP contribution in [0.1, 0.15) is 31.2 Å². The summed E-state index contributed by atoms with van der Waals surface area (Å²) in [4.78, 5) is 0. The van der Waals surface area contributed by atoms with Crippen LogP contribution >= 0.6 is 15.9 Å². The minimum Gasteiger partial charge on any atom is -0.490 e. The highest BCUT2D eigenvalue weighted by Crippen LogP contribution is 2.29. The van der Waals surface area contributed by atoms with Gasteiger partial charge in [0.25, 0.3) is 0 Å². The standard InChI is InChI=1S/C17H23BrO2/c1-3-10-19-12-14-4-6-15(7-5-14)20-16-8-9-17(18)13(2)11-16/h3,8-9,11,14-15H,1,4-7,10,12H2,2H3. The van der Waals surface area contributed by atoms with E-state index < -0.39 is 0 Å². The van der Waals surface area contributed by atoms with E-state index in [1.54, 1.807) is 0 Å². The molecule has 1 fully saturated rings. The summed E-state index contributed by atoms with van der Waals surface area (Å²) >= 11 is 3.52. The van der Waals surface area contributed by atoms with Crippen molar-refractivity contribution in [1.29, 1.82) is 0 Å². The summed E-state index contributed by atoms with van der Waals surface area (Å²) in [5.41, 5.74) is 1.22. The summed E-state index contributed by atoms with van der Waals surface area (Å²) in [5, 5.41) is 0. The number of rotatable bonds is 6. The van der Waals surface area contributed by atoms with Crippen molar-refractivity contribution in [2.45, 2.75) is 38.7 Å². The zero-order chi connectivity index (χ0) is 14.4. The van der Waals surface area contributed by atoms with Crippen LogP contribution in [0.15, 0.2) is 35.3 Å². The van der Waals surface area contributed by atoms with Gasteiger partial charge in [-0.05, 0) is 62.3 Å². The molecule has 0 unspecified atom stereocenters. The van der Waals surface area contributed by atoms with E-state index in [9.17, 15) is 0 Å². The van der Waals surface area contributed by atoms with Crippen molar-refractivity contribution in [3.05, 3.63) is 40.9 Å². The fourth-order valence-corrected chi connectivity index (χ4v) is 2.86. The molecular weight excluding hydrogens is 316 g/mol. The van der Waals surface area contributed by atoms with E-state index in [1.807, 2.05) is 12.1 Å². The molecule has 0 aromatic heterocycles. The monoisotopic (exact) mass is 338 g/mol. The first-order valence-electron chi connectivity index (χ1n) is 7.30. The molecule has 1 aliphatic rings. The molecule has 0 aliphatic heterocycles. The summed E-state index contributed by atoms with van der Waals surface area (Å²) < 4.78 is 12.8. The summed E-state index contributed by atoms with van der Waals surface area (Å²) in [7, 11) is 0. The fraction of sp³-hybridized carbons (Fsp3) is 0.529. The van der Waals surface area contributed by atoms with Crippen molar-refractivity contribution < 1.29 is 9.47 Å². The van der Waals surface area contributed by atoms with Gasteiger partial charge >= 0.3 is 0 Å². The van der Waals surface area contributed by atoms with Crippen molar-refractivity contribution in [2.24, 2.45) is 5.92 Å². The molecule has 0 atom stereocenters. The van der Waals surface area contributed by atoms with Gasteiger partial charge in [0.1, 0.15) is 5.75 Å². The molecular formula is C17H23BrO2. The van der Waals surface area contributed by atoms with E-state index >= 15 is 0 Å². The Labute approximate surface area is 130 Å². The topological polar surface area (TPSA) is 18.5 Å². The molecule has 0 N–H and O–H groups in total. The molecule has 0 saturated heterocycles. The maximum Gasteiger partial charge on any atom is 0.120 e. The second kappa shape index (κ2) is 7.84. The van der Waals surface area contributed by atoms with E-state index in [1.165, 1.54) is 18.4 Å². The van der Waals surface area contributed by atoms with E-state index in [0.29, 0.717) is 18.6 Å². The lowest BCUT2D eigenvalue weighted by molar-refractivity contribution is 0.0712. The summed E-state index contributed by atoms with van der Waals surface area (Å²) in [6.07, 6.45) is 6.79. The first kappa shape index (κ1) is 15.6. The third kappa shape index (κ3) is 4.64. The predicted molar refractivity (Wildman–Crippen MR) is 86.3 cm³/mol. The highest BCUT2D eigenvalue weighted by atomic mass is 79.9. The predicted octanol–water partition coefficient (Wildman–Crippen LogP) is 4.90. The van der Waals surface area contributed by atoms with Gasteiger partial charge in [-0.2, -0.15) is 0 Å². The molecule has 1 aromatic carbocycles. The van der Waals surface area contributed by atoms with Crippen LogP contribution < -0.4 is 4.74 Å². The molecule has 1 saturated carbocycles. The molecule has 1 aromatic rings. The molecule has 110 valence electrons. The third-order valence-corrected chi connectivity index (χ3v) is 4.70. The quantitative estimate of drug-likeness (QED) is 0.542. The van der Waals surface area contributed by atoms with Gasteiger partial charge < -0.3 is 9.47 Å². The average molecular weight is 339 g/mol. The highest BCUT2D eigenvalue weighted by Gasteiger charge is 2.22. The van der Waals surface area contributed by atoms with Crippen LogP contribution in [0.4, 0.5) is 0 Å². The van der Waals surface area contributed by atoms with Gasteiger partial charge in [-0.3, -0.25) is 0 Å². The number of ether oxygens (including phenoxy) is 2. The minimum atomic E-state index is 0.353. The van der Waals surface area contributed by atoms with Gasteiger partial charge in [0.15, 0.2) is 0 Å². The minimum absolute atomic E-state index is 0.353. The largest absolute Gasteiger partial charge is 0.490 e. The van der Waals surface area contributed by atoms with Crippen LogP contribution in [0.2, 0.25) is 0 Å². The zero-order valence-electron chi connectivity index (χ0n) is 12.1. The van der Waals surface area contributed by atoms with E-state index in [-0.39, 0.29) is 0 Å². The van der Waals surface area contributed by atoms with Gasteiger partial charge in [-0.15, -0.1) is 6.58 Å². The van der Waals surface area contributed by atoms with Gasteiger partial charge in [0.2, 0.25) is 0 Å². The van der Waals surface area contributed by atoms with Crippen molar-refractivity contribution in [3.63, 3.8) is 0 Å². The Morgan fingerprint density at radius 2 is 2.05 bits per heavy atom. The highest BCUT2D eigenvalue weighted by molar-refractivity contribution is 9.10. The van der Waals surface area contributed by atoms with Crippen LogP contribution in [0.25, 0.3) is 0 Å². The molecule has 2 nitrogen and oxygen atoms in total. The normalized spacial score (nSPS) is 22.5. The molecule has 0 spiro atoms. The second-order valence-electron chi connectivity index (χ2n) is 5.50. The molecule has 0 amide bonds. The first-order chi connectivity index (χ1) is 9.69. The van der Waals surface area contributed by atoms with Gasteiger partial charge in [0.05, 0.1) is 12.7 Å². The average Bonchev–Trinajstić information content (AvgIpc) is 2.45. The maximum absolute atomic E-state index is 6.09. The molecule has 0 radical (unpaired) electrons. The van der Waals surface area contributed by atoms with Crippen molar-refractivity contribution in [3.8, 4) is 5.75 Å². The first-order valence-corrected chi connectivity index (χ1v) is 8.09. The lowest BCUT2D eigenvalue weighted by atomic mass is 9.88. The van der Waals surface area contributed by atoms with E-state index in [0.717, 1.165) is 29.7 Å².